The first-order chi connectivity index (χ1) is 9.05. The molecule has 1 saturated heterocycles. The molecule has 1 aliphatic rings. The van der Waals surface area contributed by atoms with Crippen LogP contribution in [0.3, 0.4) is 0 Å². The number of hydrogen-bond donors (Lipinski definition) is 1. The molecule has 0 saturated carbocycles. The molecule has 106 valence electrons. The molecule has 0 spiro atoms. The molecule has 1 N–H and O–H groups in total. The Morgan fingerprint density at radius 1 is 1.05 bits per heavy atom. The van der Waals surface area contributed by atoms with E-state index in [0.717, 1.165) is 51.1 Å². The predicted molar refractivity (Wildman–Crippen MR) is 69.1 cm³/mol. The van der Waals surface area contributed by atoms with E-state index in [-0.39, 0.29) is 0 Å². The summed E-state index contributed by atoms with van der Waals surface area (Å²) >= 11 is 0. The minimum absolute atomic E-state index is 0.574. The lowest BCUT2D eigenvalue weighted by Gasteiger charge is -2.19. The summed E-state index contributed by atoms with van der Waals surface area (Å²) in [6, 6.07) is 5.50. The number of halogens is 3. The van der Waals surface area contributed by atoms with Crippen molar-refractivity contribution in [2.24, 2.45) is 0 Å². The van der Waals surface area contributed by atoms with Crippen molar-refractivity contribution in [1.29, 1.82) is 0 Å². The van der Waals surface area contributed by atoms with E-state index in [1.807, 2.05) is 0 Å². The van der Waals surface area contributed by atoms with Crippen molar-refractivity contribution in [3.63, 3.8) is 0 Å². The zero-order valence-corrected chi connectivity index (χ0v) is 10.8. The first kappa shape index (κ1) is 14.3. The maximum atomic E-state index is 12.4. The van der Waals surface area contributed by atoms with Crippen LogP contribution in [0.5, 0.6) is 0 Å². The normalized spacial score (nSPS) is 18.3. The number of hydrogen-bond acceptors (Lipinski definition) is 2. The molecule has 1 fully saturated rings. The fourth-order valence-corrected chi connectivity index (χ4v) is 2.27. The van der Waals surface area contributed by atoms with Gasteiger partial charge >= 0.3 is 6.18 Å². The molecular formula is C14H19F3N2. The van der Waals surface area contributed by atoms with E-state index in [2.05, 4.69) is 10.2 Å². The van der Waals surface area contributed by atoms with Gasteiger partial charge in [0, 0.05) is 19.6 Å². The van der Waals surface area contributed by atoms with E-state index in [4.69, 9.17) is 0 Å². The molecule has 5 heteroatoms. The van der Waals surface area contributed by atoms with Gasteiger partial charge in [0.2, 0.25) is 0 Å². The van der Waals surface area contributed by atoms with Crippen LogP contribution in [0.15, 0.2) is 24.3 Å². The van der Waals surface area contributed by atoms with E-state index in [1.54, 1.807) is 12.1 Å². The summed E-state index contributed by atoms with van der Waals surface area (Å²) in [6.45, 7) is 5.03. The summed E-state index contributed by atoms with van der Waals surface area (Å²) in [6.07, 6.45) is -2.31. The maximum absolute atomic E-state index is 12.4. The van der Waals surface area contributed by atoms with Gasteiger partial charge in [-0.3, -0.25) is 0 Å². The van der Waals surface area contributed by atoms with E-state index >= 15 is 0 Å². The van der Waals surface area contributed by atoms with Crippen LogP contribution in [0, 0.1) is 0 Å². The van der Waals surface area contributed by atoms with Gasteiger partial charge in [-0.1, -0.05) is 12.1 Å². The van der Waals surface area contributed by atoms with Crippen molar-refractivity contribution in [2.45, 2.75) is 19.0 Å². The summed E-state index contributed by atoms with van der Waals surface area (Å²) < 4.78 is 37.3. The monoisotopic (exact) mass is 272 g/mol. The Kier molecular flexibility index (Phi) is 4.82. The SMILES string of the molecule is FC(F)(F)c1ccc(CCN2CCCNCC2)cc1. The molecule has 0 aliphatic carbocycles. The number of nitrogens with one attached hydrogen (secondary N) is 1. The third-order valence-corrected chi connectivity index (χ3v) is 3.43. The fraction of sp³-hybridized carbons (Fsp3) is 0.571. The van der Waals surface area contributed by atoms with E-state index in [0.29, 0.717) is 0 Å². The molecule has 1 aromatic rings. The van der Waals surface area contributed by atoms with Crippen LogP contribution in [0.25, 0.3) is 0 Å². The Morgan fingerprint density at radius 3 is 2.47 bits per heavy atom. The number of nitrogens with zero attached hydrogens (tertiary/aromatic N) is 1. The molecule has 1 aromatic carbocycles. The largest absolute Gasteiger partial charge is 0.416 e. The van der Waals surface area contributed by atoms with Crippen LogP contribution >= 0.6 is 0 Å². The summed E-state index contributed by atoms with van der Waals surface area (Å²) in [5.74, 6) is 0. The second-order valence-corrected chi connectivity index (χ2v) is 4.89. The van der Waals surface area contributed by atoms with Crippen LogP contribution in [0.1, 0.15) is 17.5 Å². The molecule has 1 heterocycles. The second kappa shape index (κ2) is 6.39. The molecule has 0 atom stereocenters. The smallest absolute Gasteiger partial charge is 0.315 e. The lowest BCUT2D eigenvalue weighted by molar-refractivity contribution is -0.137. The third kappa shape index (κ3) is 4.51. The van der Waals surface area contributed by atoms with Crippen molar-refractivity contribution in [3.8, 4) is 0 Å². The van der Waals surface area contributed by atoms with Crippen LogP contribution in [0.2, 0.25) is 0 Å². The molecule has 2 nitrogen and oxygen atoms in total. The first-order valence-electron chi connectivity index (χ1n) is 6.65. The van der Waals surface area contributed by atoms with Crippen LogP contribution in [-0.2, 0) is 12.6 Å². The highest BCUT2D eigenvalue weighted by Gasteiger charge is 2.29. The van der Waals surface area contributed by atoms with Gasteiger partial charge in [-0.2, -0.15) is 13.2 Å². The van der Waals surface area contributed by atoms with Crippen molar-refractivity contribution in [2.75, 3.05) is 32.7 Å². The van der Waals surface area contributed by atoms with Crippen LogP contribution in [-0.4, -0.2) is 37.6 Å². The van der Waals surface area contributed by atoms with Crippen LogP contribution < -0.4 is 5.32 Å². The zero-order chi connectivity index (χ0) is 13.7. The molecule has 0 aromatic heterocycles. The van der Waals surface area contributed by atoms with Gasteiger partial charge in [0.15, 0.2) is 0 Å². The van der Waals surface area contributed by atoms with Gasteiger partial charge in [0.05, 0.1) is 5.56 Å². The molecule has 0 bridgehead atoms. The topological polar surface area (TPSA) is 15.3 Å². The molecule has 1 aliphatic heterocycles. The zero-order valence-electron chi connectivity index (χ0n) is 10.8. The molecule has 0 unspecified atom stereocenters. The average molecular weight is 272 g/mol. The molecule has 19 heavy (non-hydrogen) atoms. The van der Waals surface area contributed by atoms with Gasteiger partial charge in [-0.05, 0) is 43.6 Å². The maximum Gasteiger partial charge on any atom is 0.416 e. The fourth-order valence-electron chi connectivity index (χ4n) is 2.27. The Balaban J connectivity index is 1.85. The minimum Gasteiger partial charge on any atom is -0.315 e. The number of alkyl halides is 3. The Labute approximate surface area is 111 Å². The standard InChI is InChI=1S/C14H19F3N2/c15-14(16,17)13-4-2-12(3-5-13)6-10-19-9-1-7-18-8-11-19/h2-5,18H,1,6-11H2. The van der Waals surface area contributed by atoms with E-state index < -0.39 is 11.7 Å². The molecule has 2 rings (SSSR count). The van der Waals surface area contributed by atoms with Gasteiger partial charge in [-0.25, -0.2) is 0 Å². The summed E-state index contributed by atoms with van der Waals surface area (Å²) in [4.78, 5) is 2.36. The highest BCUT2D eigenvalue weighted by Crippen LogP contribution is 2.29. The molecule has 0 radical (unpaired) electrons. The molecule has 0 amide bonds. The number of benzene rings is 1. The van der Waals surface area contributed by atoms with Gasteiger partial charge < -0.3 is 10.2 Å². The van der Waals surface area contributed by atoms with E-state index in [1.165, 1.54) is 12.1 Å². The summed E-state index contributed by atoms with van der Waals surface area (Å²) in [5.41, 5.74) is 0.389. The lowest BCUT2D eigenvalue weighted by Crippen LogP contribution is -2.30. The highest BCUT2D eigenvalue weighted by molar-refractivity contribution is 5.24. The summed E-state index contributed by atoms with van der Waals surface area (Å²) in [7, 11) is 0. The lowest BCUT2D eigenvalue weighted by atomic mass is 10.1. The Morgan fingerprint density at radius 2 is 1.79 bits per heavy atom. The van der Waals surface area contributed by atoms with Crippen molar-refractivity contribution in [1.82, 2.24) is 10.2 Å². The second-order valence-electron chi connectivity index (χ2n) is 4.89. The molecular weight excluding hydrogens is 253 g/mol. The summed E-state index contributed by atoms with van der Waals surface area (Å²) in [5, 5.41) is 3.33. The highest BCUT2D eigenvalue weighted by atomic mass is 19.4. The van der Waals surface area contributed by atoms with Crippen molar-refractivity contribution in [3.05, 3.63) is 35.4 Å². The van der Waals surface area contributed by atoms with Gasteiger partial charge in [0.1, 0.15) is 0 Å². The Hall–Kier alpha value is -1.07. The first-order valence-corrected chi connectivity index (χ1v) is 6.65. The minimum atomic E-state index is -4.24. The van der Waals surface area contributed by atoms with Crippen molar-refractivity contribution < 1.29 is 13.2 Å². The predicted octanol–water partition coefficient (Wildman–Crippen LogP) is 2.54. The van der Waals surface area contributed by atoms with E-state index in [9.17, 15) is 13.2 Å². The quantitative estimate of drug-likeness (QED) is 0.909. The number of rotatable bonds is 3. The average Bonchev–Trinajstić information content (AvgIpc) is 2.64. The van der Waals surface area contributed by atoms with Crippen LogP contribution in [0.4, 0.5) is 13.2 Å². The third-order valence-electron chi connectivity index (χ3n) is 3.43. The Bertz CT molecular complexity index is 379. The van der Waals surface area contributed by atoms with Gasteiger partial charge in [-0.15, -0.1) is 0 Å². The van der Waals surface area contributed by atoms with Gasteiger partial charge in [0.25, 0.3) is 0 Å². The van der Waals surface area contributed by atoms with Crippen molar-refractivity contribution >= 4 is 0 Å².